The van der Waals surface area contributed by atoms with E-state index in [2.05, 4.69) is 5.10 Å². The van der Waals surface area contributed by atoms with Crippen molar-refractivity contribution in [1.29, 1.82) is 0 Å². The third kappa shape index (κ3) is 2.62. The van der Waals surface area contributed by atoms with E-state index < -0.39 is 5.97 Å². The van der Waals surface area contributed by atoms with Crippen molar-refractivity contribution in [3.8, 4) is 0 Å². The Balaban J connectivity index is 1.99. The van der Waals surface area contributed by atoms with Gasteiger partial charge in [-0.25, -0.2) is 0 Å². The normalized spacial score (nSPS) is 25.6. The second-order valence-electron chi connectivity index (χ2n) is 4.78. The van der Waals surface area contributed by atoms with Crippen LogP contribution in [-0.2, 0) is 4.79 Å². The zero-order valence-electron chi connectivity index (χ0n) is 9.59. The molecule has 88 valence electrons. The Morgan fingerprint density at radius 1 is 1.62 bits per heavy atom. The van der Waals surface area contributed by atoms with Crippen LogP contribution in [0.15, 0.2) is 12.4 Å². The van der Waals surface area contributed by atoms with Gasteiger partial charge in [-0.1, -0.05) is 6.42 Å². The van der Waals surface area contributed by atoms with Gasteiger partial charge in [0, 0.05) is 12.6 Å². The van der Waals surface area contributed by atoms with Crippen LogP contribution in [-0.4, -0.2) is 20.9 Å². The lowest BCUT2D eigenvalue weighted by Crippen LogP contribution is -2.21. The Morgan fingerprint density at radius 2 is 2.44 bits per heavy atom. The molecular weight excluding hydrogens is 204 g/mol. The molecule has 0 aliphatic heterocycles. The zero-order chi connectivity index (χ0) is 11.5. The van der Waals surface area contributed by atoms with Crippen LogP contribution in [0.25, 0.3) is 0 Å². The topological polar surface area (TPSA) is 55.1 Å². The quantitative estimate of drug-likeness (QED) is 0.854. The molecule has 1 saturated carbocycles. The van der Waals surface area contributed by atoms with Gasteiger partial charge in [0.2, 0.25) is 0 Å². The fourth-order valence-corrected chi connectivity index (χ4v) is 2.57. The molecule has 1 N–H and O–H groups in total. The van der Waals surface area contributed by atoms with Crippen LogP contribution in [0.1, 0.15) is 43.7 Å². The van der Waals surface area contributed by atoms with Gasteiger partial charge in [-0.3, -0.25) is 9.48 Å². The molecule has 1 fully saturated rings. The first kappa shape index (κ1) is 11.2. The third-order valence-electron chi connectivity index (χ3n) is 3.32. The first-order chi connectivity index (χ1) is 7.65. The number of nitrogens with zero attached hydrogens (tertiary/aromatic N) is 2. The third-order valence-corrected chi connectivity index (χ3v) is 3.32. The number of rotatable bonds is 3. The van der Waals surface area contributed by atoms with Crippen LogP contribution < -0.4 is 0 Å². The molecule has 2 atom stereocenters. The lowest BCUT2D eigenvalue weighted by molar-refractivity contribution is -0.138. The molecule has 0 radical (unpaired) electrons. The van der Waals surface area contributed by atoms with Gasteiger partial charge in [-0.05, 0) is 37.7 Å². The minimum Gasteiger partial charge on any atom is -0.481 e. The maximum atomic E-state index is 10.7. The van der Waals surface area contributed by atoms with E-state index in [-0.39, 0.29) is 0 Å². The molecule has 0 spiro atoms. The van der Waals surface area contributed by atoms with Crippen molar-refractivity contribution in [3.05, 3.63) is 18.0 Å². The number of carboxylic acids is 1. The van der Waals surface area contributed by atoms with Crippen LogP contribution in [0.3, 0.4) is 0 Å². The minimum absolute atomic E-state index is 0.302. The SMILES string of the molecule is Cc1cnn(C2CCCC(CC(=O)O)C2)c1. The van der Waals surface area contributed by atoms with Crippen molar-refractivity contribution in [1.82, 2.24) is 9.78 Å². The summed E-state index contributed by atoms with van der Waals surface area (Å²) < 4.78 is 2.00. The highest BCUT2D eigenvalue weighted by molar-refractivity contribution is 5.67. The minimum atomic E-state index is -0.678. The number of carbonyl (C=O) groups is 1. The monoisotopic (exact) mass is 222 g/mol. The molecule has 0 amide bonds. The van der Waals surface area contributed by atoms with Gasteiger partial charge in [0.1, 0.15) is 0 Å². The molecule has 16 heavy (non-hydrogen) atoms. The van der Waals surface area contributed by atoms with E-state index in [0.717, 1.165) is 25.7 Å². The number of aryl methyl sites for hydroxylation is 1. The van der Waals surface area contributed by atoms with Crippen LogP contribution in [0.4, 0.5) is 0 Å². The molecule has 1 aliphatic carbocycles. The Bertz CT molecular complexity index is 373. The average molecular weight is 222 g/mol. The molecule has 0 aromatic carbocycles. The van der Waals surface area contributed by atoms with Gasteiger partial charge in [0.25, 0.3) is 0 Å². The predicted molar refractivity (Wildman–Crippen MR) is 60.2 cm³/mol. The molecule has 1 aliphatic rings. The molecule has 4 nitrogen and oxygen atoms in total. The Hall–Kier alpha value is -1.32. The second kappa shape index (κ2) is 4.68. The molecule has 4 heteroatoms. The number of hydrogen-bond acceptors (Lipinski definition) is 2. The van der Waals surface area contributed by atoms with Crippen LogP contribution in [0.5, 0.6) is 0 Å². The maximum absolute atomic E-state index is 10.7. The maximum Gasteiger partial charge on any atom is 0.303 e. The molecule has 1 aromatic heterocycles. The first-order valence-corrected chi connectivity index (χ1v) is 5.87. The number of carboxylic acid groups (broad SMARTS) is 1. The molecule has 0 bridgehead atoms. The van der Waals surface area contributed by atoms with Gasteiger partial charge in [0.05, 0.1) is 12.2 Å². The Kier molecular flexibility index (Phi) is 3.27. The van der Waals surface area contributed by atoms with E-state index in [1.807, 2.05) is 24.0 Å². The highest BCUT2D eigenvalue weighted by Gasteiger charge is 2.25. The van der Waals surface area contributed by atoms with Crippen molar-refractivity contribution in [2.24, 2.45) is 5.92 Å². The van der Waals surface area contributed by atoms with E-state index in [4.69, 9.17) is 5.11 Å². The van der Waals surface area contributed by atoms with Gasteiger partial charge in [0.15, 0.2) is 0 Å². The average Bonchev–Trinajstić information content (AvgIpc) is 2.64. The van der Waals surface area contributed by atoms with Gasteiger partial charge >= 0.3 is 5.97 Å². The second-order valence-corrected chi connectivity index (χ2v) is 4.78. The highest BCUT2D eigenvalue weighted by Crippen LogP contribution is 2.33. The van der Waals surface area contributed by atoms with Gasteiger partial charge in [-0.2, -0.15) is 5.10 Å². The predicted octanol–water partition coefficient (Wildman–Crippen LogP) is 2.40. The summed E-state index contributed by atoms with van der Waals surface area (Å²) in [5.74, 6) is -0.358. The standard InChI is InChI=1S/C12H18N2O2/c1-9-7-13-14(8-9)11-4-2-3-10(5-11)6-12(15)16/h7-8,10-11H,2-6H2,1H3,(H,15,16). The molecule has 2 rings (SSSR count). The number of aliphatic carboxylic acids is 1. The van der Waals surface area contributed by atoms with Crippen LogP contribution in [0, 0.1) is 12.8 Å². The van der Waals surface area contributed by atoms with Crippen LogP contribution >= 0.6 is 0 Å². The summed E-state index contributed by atoms with van der Waals surface area (Å²) in [5.41, 5.74) is 1.17. The summed E-state index contributed by atoms with van der Waals surface area (Å²) in [7, 11) is 0. The van der Waals surface area contributed by atoms with E-state index >= 15 is 0 Å². The van der Waals surface area contributed by atoms with Crippen molar-refractivity contribution >= 4 is 5.97 Å². The van der Waals surface area contributed by atoms with Crippen molar-refractivity contribution in [2.75, 3.05) is 0 Å². The molecule has 2 unspecified atom stereocenters. The highest BCUT2D eigenvalue weighted by atomic mass is 16.4. The summed E-state index contributed by atoms with van der Waals surface area (Å²) in [5, 5.41) is 13.1. The number of aromatic nitrogens is 2. The first-order valence-electron chi connectivity index (χ1n) is 5.87. The zero-order valence-corrected chi connectivity index (χ0v) is 9.59. The van der Waals surface area contributed by atoms with Crippen molar-refractivity contribution in [2.45, 2.75) is 45.1 Å². The van der Waals surface area contributed by atoms with Crippen LogP contribution in [0.2, 0.25) is 0 Å². The lowest BCUT2D eigenvalue weighted by atomic mass is 9.84. The van der Waals surface area contributed by atoms with E-state index in [1.165, 1.54) is 5.56 Å². The van der Waals surface area contributed by atoms with Gasteiger partial charge < -0.3 is 5.11 Å². The van der Waals surface area contributed by atoms with Crippen molar-refractivity contribution in [3.63, 3.8) is 0 Å². The molecular formula is C12H18N2O2. The summed E-state index contributed by atoms with van der Waals surface area (Å²) in [6.07, 6.45) is 8.45. The largest absolute Gasteiger partial charge is 0.481 e. The smallest absolute Gasteiger partial charge is 0.303 e. The molecule has 1 heterocycles. The fraction of sp³-hybridized carbons (Fsp3) is 0.667. The number of hydrogen-bond donors (Lipinski definition) is 1. The summed E-state index contributed by atoms with van der Waals surface area (Å²) in [4.78, 5) is 10.7. The van der Waals surface area contributed by atoms with Gasteiger partial charge in [-0.15, -0.1) is 0 Å². The molecule has 0 saturated heterocycles. The van der Waals surface area contributed by atoms with E-state index in [9.17, 15) is 4.79 Å². The Morgan fingerprint density at radius 3 is 3.06 bits per heavy atom. The van der Waals surface area contributed by atoms with E-state index in [1.54, 1.807) is 0 Å². The summed E-state index contributed by atoms with van der Waals surface area (Å²) >= 11 is 0. The van der Waals surface area contributed by atoms with E-state index in [0.29, 0.717) is 18.4 Å². The Labute approximate surface area is 95.3 Å². The molecule has 1 aromatic rings. The fourth-order valence-electron chi connectivity index (χ4n) is 2.57. The summed E-state index contributed by atoms with van der Waals surface area (Å²) in [6.45, 7) is 2.03. The lowest BCUT2D eigenvalue weighted by Gasteiger charge is -2.28. The summed E-state index contributed by atoms with van der Waals surface area (Å²) in [6, 6.07) is 0.395. The van der Waals surface area contributed by atoms with Crippen molar-refractivity contribution < 1.29 is 9.90 Å².